The molecule has 12 rings (SSSR count). The number of aliphatic hydroxyl groups is 4. The van der Waals surface area contributed by atoms with Gasteiger partial charge in [0.1, 0.15) is 45.3 Å². The predicted octanol–water partition coefficient (Wildman–Crippen LogP) is 18.7. The Hall–Kier alpha value is -9.00. The second-order valence-electron chi connectivity index (χ2n) is 43.5. The van der Waals surface area contributed by atoms with E-state index < -0.39 is 97.8 Å². The molecular weight excluding hydrogens is 1850 g/mol. The van der Waals surface area contributed by atoms with Crippen molar-refractivity contribution in [2.24, 2.45) is 62.9 Å². The van der Waals surface area contributed by atoms with Crippen molar-refractivity contribution in [3.05, 3.63) is 128 Å². The van der Waals surface area contributed by atoms with Crippen LogP contribution >= 0.6 is 41.7 Å². The normalized spacial score (nSPS) is 23.8. The maximum Gasteiger partial charge on any atom is 0.366 e. The number of fused-ring (bicyclic) bond motifs is 4. The zero-order chi connectivity index (χ0) is 102. The quantitative estimate of drug-likeness (QED) is 0.0230. The molecule has 8 unspecified atom stereocenters. The predicted molar refractivity (Wildman–Crippen MR) is 537 cm³/mol. The van der Waals surface area contributed by atoms with Crippen LogP contribution in [-0.2, 0) is 65.8 Å². The molecule has 0 radical (unpaired) electrons. The first-order valence-corrected chi connectivity index (χ1v) is 54.2. The van der Waals surface area contributed by atoms with Gasteiger partial charge in [0.15, 0.2) is 28.8 Å². The van der Waals surface area contributed by atoms with Crippen LogP contribution in [0.5, 0.6) is 0 Å². The lowest BCUT2D eigenvalue weighted by molar-refractivity contribution is -0.130. The van der Waals surface area contributed by atoms with E-state index in [-0.39, 0.29) is 178 Å². The van der Waals surface area contributed by atoms with Crippen molar-refractivity contribution in [2.75, 3.05) is 84.9 Å². The van der Waals surface area contributed by atoms with Crippen LogP contribution in [0.2, 0.25) is 5.02 Å². The molecule has 744 valence electrons. The molecule has 1 aromatic heterocycles. The lowest BCUT2D eigenvalue weighted by Gasteiger charge is -2.38. The number of esters is 1. The number of ether oxygens (including phenoxy) is 1. The Morgan fingerprint density at radius 3 is 1.39 bits per heavy atom. The summed E-state index contributed by atoms with van der Waals surface area (Å²) in [5.41, 5.74) is 0.0871. The summed E-state index contributed by atoms with van der Waals surface area (Å²) in [5.74, 6) is -2.64. The summed E-state index contributed by atoms with van der Waals surface area (Å²) in [4.78, 5) is 88.9. The van der Waals surface area contributed by atoms with Gasteiger partial charge in [-0.25, -0.2) is 18.2 Å². The smallest absolute Gasteiger partial charge is 0.366 e. The average molecular weight is 1990 g/mol. The first-order chi connectivity index (χ1) is 61.9. The van der Waals surface area contributed by atoms with E-state index in [2.05, 4.69) is 133 Å². The number of nitrogens with zero attached hydrogens (tertiary/aromatic N) is 9. The fraction of sp³-hybridized carbons (Fsp3) is 0.579. The summed E-state index contributed by atoms with van der Waals surface area (Å²) in [6.07, 6.45) is 5.95. The topological polar surface area (TPSA) is 461 Å². The van der Waals surface area contributed by atoms with E-state index in [1.807, 2.05) is 95.2 Å². The summed E-state index contributed by atoms with van der Waals surface area (Å²) < 4.78 is 119. The van der Waals surface area contributed by atoms with Gasteiger partial charge in [-0.05, 0) is 172 Å². The third-order valence-corrected chi connectivity index (χ3v) is 31.8. The molecule has 135 heavy (non-hydrogen) atoms. The molecule has 3 aromatic carbocycles. The maximum atomic E-state index is 14.0. The van der Waals surface area contributed by atoms with E-state index >= 15 is 0 Å². The molecule has 0 saturated heterocycles. The number of hydrogen-bond acceptors (Lipinski definition) is 24. The van der Waals surface area contributed by atoms with E-state index in [0.717, 1.165) is 24.7 Å². The number of aliphatic hydroxyl groups excluding tert-OH is 4. The van der Waals surface area contributed by atoms with Gasteiger partial charge in [-0.15, -0.1) is 0 Å². The van der Waals surface area contributed by atoms with Crippen molar-refractivity contribution in [1.29, 1.82) is 0 Å². The molecule has 4 aromatic rings. The van der Waals surface area contributed by atoms with Crippen LogP contribution in [0.3, 0.4) is 0 Å². The summed E-state index contributed by atoms with van der Waals surface area (Å²) in [6.45, 7) is 59.7. The van der Waals surface area contributed by atoms with Crippen LogP contribution in [-0.4, -0.2) is 194 Å². The van der Waals surface area contributed by atoms with E-state index in [1.165, 1.54) is 36.5 Å². The number of amidine groups is 4. The minimum atomic E-state index is -4.39. The highest BCUT2D eigenvalue weighted by Gasteiger charge is 2.56. The Morgan fingerprint density at radius 1 is 0.526 bits per heavy atom. The molecule has 0 aliphatic carbocycles. The standard InChI is InChI=1S/C26H37ClN3O6P.C24H36N3O4P.C23H35N4O6PS.C22H33N4O4P/c1-9-35-24(33)16-13-15(27)14-17-19(16)28-22(29-37(17,34)36-10-2)18-20(31)21(26(6,7)8)30(23(18)32)12-11-25(3,4)5;1-9-31-32(30)19-15(2)11-10-12-16(19)25-21(26-32)17-18(28)20(24(6,7)8)27(22(17)29)14-13-23(3,4)5;1-14(2)13-23(6)19(28)18(21(29)27(23)11-10-22(3,4)5)20-24-16-9-8-15(26-35(7,32)33)12-17(16)34(30,31)25-20;1-8-30-31(29)19-14(10-9-12-23-19)24-18(25-31)15-16(27)17(22(5,6)7)26(20(15)28)13-11-21(2,3)4/h13-14,21,31H,9-12H2,1-8H3,(H,28,29,34);10-12,20,28H,9,13-14H2,1-8H3,(H,25,26,30);8-9,12,14,26,28H,10-11,13H2,1-7H3,(H2,24,25,30,31);9-10,12,17,27H,8,11,13H2,1-7H3,(H,24,25,29). The summed E-state index contributed by atoms with van der Waals surface area (Å²) in [5, 5.41) is 58.0. The number of aryl methyl sites for hydroxylation is 1. The number of carbonyl (C=O) groups is 5. The van der Waals surface area contributed by atoms with Gasteiger partial charge in [0.25, 0.3) is 23.6 Å². The summed E-state index contributed by atoms with van der Waals surface area (Å²) in [7, 11) is -19.3. The van der Waals surface area contributed by atoms with Gasteiger partial charge in [-0.3, -0.25) is 42.2 Å². The number of nitrogens with one attached hydrogen (secondary N) is 5. The second kappa shape index (κ2) is 40.4. The van der Waals surface area contributed by atoms with Crippen LogP contribution in [0.15, 0.2) is 131 Å². The fourth-order valence-electron chi connectivity index (χ4n) is 17.1. The number of hydrogen-bond donors (Lipinski definition) is 10. The van der Waals surface area contributed by atoms with Crippen molar-refractivity contribution < 1.29 is 94.3 Å². The Kier molecular flexibility index (Phi) is 32.8. The number of amides is 4. The van der Waals surface area contributed by atoms with E-state index in [0.29, 0.717) is 62.1 Å². The number of benzene rings is 3. The highest BCUT2D eigenvalue weighted by Crippen LogP contribution is 2.58. The highest BCUT2D eigenvalue weighted by molar-refractivity contribution is 7.92. The third kappa shape index (κ3) is 24.8. The van der Waals surface area contributed by atoms with Crippen molar-refractivity contribution in [3.63, 3.8) is 0 Å². The molecular formula is C95H141ClN14O20P4S. The van der Waals surface area contributed by atoms with Crippen molar-refractivity contribution in [2.45, 2.75) is 257 Å². The van der Waals surface area contributed by atoms with E-state index in [1.54, 1.807) is 72.4 Å². The van der Waals surface area contributed by atoms with E-state index in [4.69, 9.17) is 29.9 Å². The number of anilines is 5. The number of aromatic nitrogens is 1. The molecule has 8 aliphatic rings. The molecule has 40 heteroatoms. The fourth-order valence-corrected chi connectivity index (χ4v) is 24.8. The van der Waals surface area contributed by atoms with Crippen LogP contribution in [0.4, 0.5) is 28.4 Å². The molecule has 8 atom stereocenters. The van der Waals surface area contributed by atoms with Gasteiger partial charge in [-0.2, -0.15) is 19.1 Å². The van der Waals surface area contributed by atoms with Gasteiger partial charge in [0.05, 0.1) is 101 Å². The van der Waals surface area contributed by atoms with Crippen LogP contribution in [0, 0.1) is 50.7 Å². The molecule has 0 saturated carbocycles. The molecule has 0 fully saturated rings. The zero-order valence-corrected chi connectivity index (χ0v) is 89.0. The molecule has 4 amide bonds. The van der Waals surface area contributed by atoms with Crippen molar-refractivity contribution in [3.8, 4) is 0 Å². The average Bonchev–Trinajstić information content (AvgIpc) is 1.92. The number of sulfonamides is 1. The van der Waals surface area contributed by atoms with Gasteiger partial charge in [0.2, 0.25) is 10.0 Å². The monoisotopic (exact) mass is 1990 g/mol. The number of pyridine rings is 1. The second-order valence-corrected chi connectivity index (χ2v) is 53.4. The van der Waals surface area contributed by atoms with Crippen molar-refractivity contribution in [1.82, 2.24) is 24.6 Å². The number of rotatable bonds is 24. The van der Waals surface area contributed by atoms with Gasteiger partial charge < -0.3 is 84.5 Å². The Labute approximate surface area is 801 Å². The number of carbonyl (C=O) groups excluding carboxylic acids is 5. The summed E-state index contributed by atoms with van der Waals surface area (Å²) >= 11 is 6.25. The maximum absolute atomic E-state index is 14.0. The molecule has 34 nitrogen and oxygen atoms in total. The molecule has 0 bridgehead atoms. The minimum Gasteiger partial charge on any atom is -0.509 e. The minimum absolute atomic E-state index is 0.0248. The van der Waals surface area contributed by atoms with Gasteiger partial charge in [-0.1, -0.05) is 183 Å². The van der Waals surface area contributed by atoms with Crippen LogP contribution in [0.1, 0.15) is 242 Å². The molecule has 10 N–H and O–H groups in total. The lowest BCUT2D eigenvalue weighted by Crippen LogP contribution is -2.48. The van der Waals surface area contributed by atoms with Gasteiger partial charge in [0, 0.05) is 43.1 Å². The van der Waals surface area contributed by atoms with Crippen LogP contribution in [0.25, 0.3) is 0 Å². The highest BCUT2D eigenvalue weighted by atomic mass is 35.5. The first-order valence-electron chi connectivity index (χ1n) is 45.6. The Balaban J connectivity index is 0.000000202. The van der Waals surface area contributed by atoms with E-state index in [9.17, 15) is 76.0 Å². The Bertz CT molecular complexity index is 5910. The Morgan fingerprint density at radius 2 is 0.941 bits per heavy atom. The van der Waals surface area contributed by atoms with Crippen LogP contribution < -0.4 is 47.3 Å². The largest absolute Gasteiger partial charge is 0.509 e. The molecule has 8 aliphatic heterocycles. The first kappa shape index (κ1) is 110. The SMILES string of the molecule is CC(C)CC1(C)C(O)=C(C2=NP(=O)(O)c3cc(NS(C)(=O)=O)ccc3N2)C(=O)N1CCC(C)(C)C.CCOC(=O)c1cc(Cl)cc2c1NC(C1=C(O)C(C(C)(C)C)N(CCC(C)(C)C)C1=O)=NP2(=O)OCC.CCOP1(=O)N=C(C2=C(O)C(C(C)(C)C)N(CCC(C)(C)C)C2=O)Nc2cccc(C)c21.CCOP1(=O)N=C(C2=C(O)C(C(C)(C)C)N(CCC(C)(C)C)C2=O)Nc2cccnc21. The van der Waals surface area contributed by atoms with Gasteiger partial charge >= 0.3 is 36.0 Å². The third-order valence-electron chi connectivity index (χ3n) is 23.2. The summed E-state index contributed by atoms with van der Waals surface area (Å²) in [6, 6.07) is 14.2. The zero-order valence-electron chi connectivity index (χ0n) is 83.8. The lowest BCUT2D eigenvalue weighted by atomic mass is 9.84. The van der Waals surface area contributed by atoms with Crippen molar-refractivity contribution >= 4 is 154 Å². The number of halogens is 1. The molecule has 9 heterocycles. The molecule has 0 spiro atoms.